The van der Waals surface area contributed by atoms with Gasteiger partial charge in [0.05, 0.1) is 20.8 Å². The number of amides is 2. The molecule has 1 aromatic heterocycles. The number of nitrogens with zero attached hydrogens (tertiary/aromatic N) is 1. The van der Waals surface area contributed by atoms with Crippen LogP contribution in [0.3, 0.4) is 0 Å². The smallest absolute Gasteiger partial charge is 0.338 e. The summed E-state index contributed by atoms with van der Waals surface area (Å²) >= 11 is 1.58. The molecule has 0 aliphatic carbocycles. The monoisotopic (exact) mass is 459 g/mol. The molecule has 0 bridgehead atoms. The SMILES string of the molecule is CNC(=O)c1ccc(NC(=O)COC(=O)c2ccccc2Cc2nc3ccccc3s2)cc1. The van der Waals surface area contributed by atoms with E-state index in [1.165, 1.54) is 0 Å². The van der Waals surface area contributed by atoms with Crippen LogP contribution in [-0.4, -0.2) is 36.4 Å². The summed E-state index contributed by atoms with van der Waals surface area (Å²) in [7, 11) is 1.55. The Kier molecular flexibility index (Phi) is 6.75. The number of hydrogen-bond donors (Lipinski definition) is 2. The number of fused-ring (bicyclic) bond motifs is 1. The lowest BCUT2D eigenvalue weighted by Gasteiger charge is -2.10. The number of benzene rings is 3. The molecule has 4 rings (SSSR count). The molecule has 0 radical (unpaired) electrons. The maximum absolute atomic E-state index is 12.7. The zero-order valence-electron chi connectivity index (χ0n) is 17.8. The van der Waals surface area contributed by atoms with Gasteiger partial charge in [-0.3, -0.25) is 9.59 Å². The molecule has 0 atom stereocenters. The van der Waals surface area contributed by atoms with Crippen LogP contribution in [0.15, 0.2) is 72.8 Å². The largest absolute Gasteiger partial charge is 0.452 e. The van der Waals surface area contributed by atoms with Gasteiger partial charge in [0.15, 0.2) is 6.61 Å². The number of hydrogen-bond acceptors (Lipinski definition) is 6. The standard InChI is InChI=1S/C25H21N3O4S/c1-26-24(30)16-10-12-18(13-11-16)27-22(29)15-32-25(31)19-7-3-2-6-17(19)14-23-28-20-8-4-5-9-21(20)33-23/h2-13H,14-15H2,1H3,(H,26,30)(H,27,29). The second-order valence-electron chi connectivity index (χ2n) is 7.19. The van der Waals surface area contributed by atoms with Crippen molar-refractivity contribution in [3.8, 4) is 0 Å². The van der Waals surface area contributed by atoms with E-state index < -0.39 is 18.5 Å². The number of aromatic nitrogens is 1. The molecule has 1 heterocycles. The van der Waals surface area contributed by atoms with Gasteiger partial charge in [-0.1, -0.05) is 30.3 Å². The van der Waals surface area contributed by atoms with Gasteiger partial charge in [-0.15, -0.1) is 11.3 Å². The van der Waals surface area contributed by atoms with Crippen LogP contribution in [0.2, 0.25) is 0 Å². The van der Waals surface area contributed by atoms with E-state index in [1.807, 2.05) is 36.4 Å². The van der Waals surface area contributed by atoms with E-state index in [-0.39, 0.29) is 5.91 Å². The maximum Gasteiger partial charge on any atom is 0.338 e. The summed E-state index contributed by atoms with van der Waals surface area (Å²) < 4.78 is 6.34. The average molecular weight is 460 g/mol. The minimum absolute atomic E-state index is 0.216. The first-order valence-electron chi connectivity index (χ1n) is 10.2. The number of ether oxygens (including phenoxy) is 1. The Balaban J connectivity index is 1.37. The van der Waals surface area contributed by atoms with Crippen molar-refractivity contribution < 1.29 is 19.1 Å². The van der Waals surface area contributed by atoms with E-state index in [2.05, 4.69) is 15.6 Å². The molecule has 7 nitrogen and oxygen atoms in total. The van der Waals surface area contributed by atoms with Crippen LogP contribution in [0.5, 0.6) is 0 Å². The molecule has 0 fully saturated rings. The number of esters is 1. The fourth-order valence-electron chi connectivity index (χ4n) is 3.29. The molecule has 0 aliphatic heterocycles. The van der Waals surface area contributed by atoms with Gasteiger partial charge < -0.3 is 15.4 Å². The Morgan fingerprint density at radius 3 is 2.42 bits per heavy atom. The zero-order chi connectivity index (χ0) is 23.2. The summed E-state index contributed by atoms with van der Waals surface area (Å²) in [5.74, 6) is -1.26. The number of carbonyl (C=O) groups excluding carboxylic acids is 3. The van der Waals surface area contributed by atoms with E-state index in [1.54, 1.807) is 54.8 Å². The minimum Gasteiger partial charge on any atom is -0.452 e. The molecule has 2 amide bonds. The molecule has 0 aliphatic rings. The number of nitrogens with one attached hydrogen (secondary N) is 2. The van der Waals surface area contributed by atoms with Crippen molar-refractivity contribution in [2.45, 2.75) is 6.42 Å². The van der Waals surface area contributed by atoms with E-state index in [0.717, 1.165) is 20.8 Å². The molecule has 33 heavy (non-hydrogen) atoms. The quantitative estimate of drug-likeness (QED) is 0.407. The van der Waals surface area contributed by atoms with E-state index >= 15 is 0 Å². The van der Waals surface area contributed by atoms with Crippen molar-refractivity contribution in [1.29, 1.82) is 0 Å². The Hall–Kier alpha value is -4.04. The topological polar surface area (TPSA) is 97.4 Å². The fraction of sp³-hybridized carbons (Fsp3) is 0.120. The number of thiazole rings is 1. The van der Waals surface area contributed by atoms with Crippen molar-refractivity contribution in [2.75, 3.05) is 19.0 Å². The van der Waals surface area contributed by atoms with Gasteiger partial charge in [0.25, 0.3) is 11.8 Å². The number of rotatable bonds is 7. The second kappa shape index (κ2) is 10.1. The van der Waals surface area contributed by atoms with Gasteiger partial charge in [-0.2, -0.15) is 0 Å². The average Bonchev–Trinajstić information content (AvgIpc) is 3.25. The third-order valence-corrected chi connectivity index (χ3v) is 5.95. The first-order chi connectivity index (χ1) is 16.0. The molecular formula is C25H21N3O4S. The summed E-state index contributed by atoms with van der Waals surface area (Å²) in [5.41, 5.74) is 3.09. The van der Waals surface area contributed by atoms with Gasteiger partial charge in [0, 0.05) is 24.7 Å². The Morgan fingerprint density at radius 2 is 1.67 bits per heavy atom. The van der Waals surface area contributed by atoms with Crippen molar-refractivity contribution in [3.05, 3.63) is 94.5 Å². The van der Waals surface area contributed by atoms with Crippen LogP contribution in [0.4, 0.5) is 5.69 Å². The molecule has 166 valence electrons. The molecular weight excluding hydrogens is 438 g/mol. The van der Waals surface area contributed by atoms with Gasteiger partial charge in [-0.05, 0) is 48.0 Å². The molecule has 3 aromatic carbocycles. The van der Waals surface area contributed by atoms with E-state index in [9.17, 15) is 14.4 Å². The maximum atomic E-state index is 12.7. The second-order valence-corrected chi connectivity index (χ2v) is 8.31. The normalized spacial score (nSPS) is 10.6. The highest BCUT2D eigenvalue weighted by atomic mass is 32.1. The zero-order valence-corrected chi connectivity index (χ0v) is 18.6. The highest BCUT2D eigenvalue weighted by molar-refractivity contribution is 7.18. The predicted octanol–water partition coefficient (Wildman–Crippen LogP) is 4.04. The number of carbonyl (C=O) groups is 3. The van der Waals surface area contributed by atoms with Gasteiger partial charge in [0.1, 0.15) is 0 Å². The van der Waals surface area contributed by atoms with Crippen LogP contribution in [0.1, 0.15) is 31.3 Å². The molecule has 4 aromatic rings. The first-order valence-corrected chi connectivity index (χ1v) is 11.1. The van der Waals surface area contributed by atoms with E-state index in [0.29, 0.717) is 23.2 Å². The third-order valence-electron chi connectivity index (χ3n) is 4.91. The summed E-state index contributed by atoms with van der Waals surface area (Å²) in [6.07, 6.45) is 0.495. The molecule has 2 N–H and O–H groups in total. The van der Waals surface area contributed by atoms with Crippen LogP contribution in [0.25, 0.3) is 10.2 Å². The van der Waals surface area contributed by atoms with Gasteiger partial charge in [-0.25, -0.2) is 9.78 Å². The van der Waals surface area contributed by atoms with Gasteiger partial charge >= 0.3 is 5.97 Å². The van der Waals surface area contributed by atoms with Crippen molar-refractivity contribution >= 4 is 45.0 Å². The van der Waals surface area contributed by atoms with Gasteiger partial charge in [0.2, 0.25) is 0 Å². The Morgan fingerprint density at radius 1 is 0.939 bits per heavy atom. The van der Waals surface area contributed by atoms with E-state index in [4.69, 9.17) is 4.74 Å². The minimum atomic E-state index is -0.572. The molecule has 8 heteroatoms. The lowest BCUT2D eigenvalue weighted by atomic mass is 10.1. The van der Waals surface area contributed by atoms with Crippen molar-refractivity contribution in [1.82, 2.24) is 10.3 Å². The molecule has 0 unspecified atom stereocenters. The van der Waals surface area contributed by atoms with Crippen LogP contribution in [-0.2, 0) is 16.0 Å². The Labute approximate surface area is 194 Å². The van der Waals surface area contributed by atoms with Crippen molar-refractivity contribution in [2.24, 2.45) is 0 Å². The van der Waals surface area contributed by atoms with Crippen LogP contribution >= 0.6 is 11.3 Å². The predicted molar refractivity (Wildman–Crippen MR) is 128 cm³/mol. The summed E-state index contributed by atoms with van der Waals surface area (Å²) in [6, 6.07) is 21.4. The number of anilines is 1. The lowest BCUT2D eigenvalue weighted by molar-refractivity contribution is -0.119. The fourth-order valence-corrected chi connectivity index (χ4v) is 4.28. The summed E-state index contributed by atoms with van der Waals surface area (Å²) in [4.78, 5) is 41.1. The van der Waals surface area contributed by atoms with Crippen LogP contribution < -0.4 is 10.6 Å². The first kappa shape index (κ1) is 22.2. The van der Waals surface area contributed by atoms with Crippen LogP contribution in [0, 0.1) is 0 Å². The lowest BCUT2D eigenvalue weighted by Crippen LogP contribution is -2.21. The molecule has 0 saturated carbocycles. The summed E-state index contributed by atoms with van der Waals surface area (Å²) in [5, 5.41) is 6.07. The number of para-hydroxylation sites is 1. The summed E-state index contributed by atoms with van der Waals surface area (Å²) in [6.45, 7) is -0.425. The third kappa shape index (κ3) is 5.42. The molecule has 0 saturated heterocycles. The molecule has 0 spiro atoms. The highest BCUT2D eigenvalue weighted by Gasteiger charge is 2.16. The Bertz CT molecular complexity index is 1280. The highest BCUT2D eigenvalue weighted by Crippen LogP contribution is 2.25. The van der Waals surface area contributed by atoms with Crippen molar-refractivity contribution in [3.63, 3.8) is 0 Å².